The van der Waals surface area contributed by atoms with E-state index >= 15 is 0 Å². The van der Waals surface area contributed by atoms with E-state index in [1.807, 2.05) is 0 Å². The molecule has 0 aromatic heterocycles. The highest BCUT2D eigenvalue weighted by Gasteiger charge is 2.31. The second kappa shape index (κ2) is 7.61. The summed E-state index contributed by atoms with van der Waals surface area (Å²) in [5.41, 5.74) is 0.715. The number of nitrogens with one attached hydrogen (secondary N) is 2. The van der Waals surface area contributed by atoms with E-state index in [1.54, 1.807) is 0 Å². The first-order chi connectivity index (χ1) is 8.83. The van der Waals surface area contributed by atoms with Crippen molar-refractivity contribution in [1.29, 1.82) is 0 Å². The maximum absolute atomic E-state index is 3.64. The number of hydrogen-bond donors (Lipinski definition) is 2. The van der Waals surface area contributed by atoms with Gasteiger partial charge in [0.05, 0.1) is 0 Å². The lowest BCUT2D eigenvalue weighted by Crippen LogP contribution is -2.44. The van der Waals surface area contributed by atoms with Crippen LogP contribution < -0.4 is 10.6 Å². The van der Waals surface area contributed by atoms with Gasteiger partial charge in [-0.05, 0) is 36.8 Å². The SMILES string of the molecule is CC(C)(C)C(C)(C)CNCCCCN1CCNCC1. The summed E-state index contributed by atoms with van der Waals surface area (Å²) in [6.07, 6.45) is 2.62. The van der Waals surface area contributed by atoms with Crippen molar-refractivity contribution >= 4 is 0 Å². The first kappa shape index (κ1) is 16.9. The van der Waals surface area contributed by atoms with Gasteiger partial charge in [0, 0.05) is 32.7 Å². The molecule has 19 heavy (non-hydrogen) atoms. The van der Waals surface area contributed by atoms with Crippen LogP contribution in [0.3, 0.4) is 0 Å². The third-order valence-electron chi connectivity index (χ3n) is 4.88. The lowest BCUT2D eigenvalue weighted by molar-refractivity contribution is 0.129. The van der Waals surface area contributed by atoms with Crippen LogP contribution >= 0.6 is 0 Å². The highest BCUT2D eigenvalue weighted by atomic mass is 15.2. The molecule has 3 heteroatoms. The molecule has 0 aromatic carbocycles. The predicted octanol–water partition coefficient (Wildman–Crippen LogP) is 2.33. The zero-order valence-electron chi connectivity index (χ0n) is 13.8. The summed E-state index contributed by atoms with van der Waals surface area (Å²) in [6, 6.07) is 0. The minimum atomic E-state index is 0.353. The summed E-state index contributed by atoms with van der Waals surface area (Å²) < 4.78 is 0. The summed E-state index contributed by atoms with van der Waals surface area (Å²) in [5, 5.41) is 7.04. The molecule has 1 rings (SSSR count). The Morgan fingerprint density at radius 3 is 2.21 bits per heavy atom. The van der Waals surface area contributed by atoms with E-state index in [9.17, 15) is 0 Å². The molecule has 0 atom stereocenters. The molecule has 1 fully saturated rings. The van der Waals surface area contributed by atoms with Crippen molar-refractivity contribution in [1.82, 2.24) is 15.5 Å². The first-order valence-corrected chi connectivity index (χ1v) is 7.97. The molecular formula is C16H35N3. The number of piperazine rings is 1. The van der Waals surface area contributed by atoms with E-state index in [1.165, 1.54) is 32.5 Å². The Morgan fingerprint density at radius 1 is 1.00 bits per heavy atom. The minimum Gasteiger partial charge on any atom is -0.316 e. The van der Waals surface area contributed by atoms with Crippen LogP contribution in [0.5, 0.6) is 0 Å². The van der Waals surface area contributed by atoms with Crippen molar-refractivity contribution in [2.45, 2.75) is 47.5 Å². The van der Waals surface area contributed by atoms with Gasteiger partial charge in [-0.15, -0.1) is 0 Å². The Morgan fingerprint density at radius 2 is 1.63 bits per heavy atom. The predicted molar refractivity (Wildman–Crippen MR) is 84.6 cm³/mol. The van der Waals surface area contributed by atoms with Gasteiger partial charge in [-0.2, -0.15) is 0 Å². The molecule has 1 aliphatic rings. The molecule has 0 aliphatic carbocycles. The molecule has 0 bridgehead atoms. The fraction of sp³-hybridized carbons (Fsp3) is 1.00. The van der Waals surface area contributed by atoms with Crippen molar-refractivity contribution in [3.05, 3.63) is 0 Å². The lowest BCUT2D eigenvalue weighted by atomic mass is 9.69. The zero-order valence-corrected chi connectivity index (χ0v) is 13.8. The van der Waals surface area contributed by atoms with Gasteiger partial charge in [-0.1, -0.05) is 34.6 Å². The standard InChI is InChI=1S/C16H35N3/c1-15(2,3)16(4,5)14-18-8-6-7-11-19-12-9-17-10-13-19/h17-18H,6-14H2,1-5H3. The normalized spacial score (nSPS) is 18.8. The van der Waals surface area contributed by atoms with E-state index in [4.69, 9.17) is 0 Å². The van der Waals surface area contributed by atoms with Crippen LogP contribution in [0, 0.1) is 10.8 Å². The number of hydrogen-bond acceptors (Lipinski definition) is 3. The van der Waals surface area contributed by atoms with E-state index in [-0.39, 0.29) is 0 Å². The quantitative estimate of drug-likeness (QED) is 0.695. The van der Waals surface area contributed by atoms with E-state index in [0.717, 1.165) is 26.2 Å². The summed E-state index contributed by atoms with van der Waals surface area (Å²) in [7, 11) is 0. The Balaban J connectivity index is 2.02. The van der Waals surface area contributed by atoms with Gasteiger partial charge in [0.1, 0.15) is 0 Å². The van der Waals surface area contributed by atoms with Crippen molar-refractivity contribution in [2.75, 3.05) is 45.8 Å². The molecule has 0 saturated carbocycles. The largest absolute Gasteiger partial charge is 0.316 e. The van der Waals surface area contributed by atoms with Crippen LogP contribution in [-0.2, 0) is 0 Å². The number of rotatable bonds is 7. The van der Waals surface area contributed by atoms with Gasteiger partial charge < -0.3 is 15.5 Å². The van der Waals surface area contributed by atoms with Crippen LogP contribution in [0.4, 0.5) is 0 Å². The zero-order chi connectivity index (χ0) is 14.4. The molecule has 1 heterocycles. The second-order valence-electron chi connectivity index (χ2n) is 7.61. The summed E-state index contributed by atoms with van der Waals surface area (Å²) in [5.74, 6) is 0. The monoisotopic (exact) mass is 269 g/mol. The van der Waals surface area contributed by atoms with Gasteiger partial charge in [0.2, 0.25) is 0 Å². The fourth-order valence-corrected chi connectivity index (χ4v) is 2.19. The molecule has 1 saturated heterocycles. The maximum atomic E-state index is 3.64. The van der Waals surface area contributed by atoms with Crippen LogP contribution in [0.15, 0.2) is 0 Å². The smallest absolute Gasteiger partial charge is 0.0107 e. The van der Waals surface area contributed by atoms with Crippen LogP contribution in [0.1, 0.15) is 47.5 Å². The molecule has 0 unspecified atom stereocenters. The Bertz CT molecular complexity index is 237. The molecule has 3 nitrogen and oxygen atoms in total. The Kier molecular flexibility index (Phi) is 6.78. The molecule has 0 amide bonds. The van der Waals surface area contributed by atoms with Crippen molar-refractivity contribution in [2.24, 2.45) is 10.8 Å². The minimum absolute atomic E-state index is 0.353. The maximum Gasteiger partial charge on any atom is 0.0107 e. The Labute approximate surface area is 120 Å². The van der Waals surface area contributed by atoms with Crippen LogP contribution in [0.25, 0.3) is 0 Å². The molecule has 2 N–H and O–H groups in total. The molecule has 114 valence electrons. The molecule has 0 aromatic rings. The van der Waals surface area contributed by atoms with E-state index in [2.05, 4.69) is 50.2 Å². The van der Waals surface area contributed by atoms with Gasteiger partial charge in [-0.3, -0.25) is 0 Å². The third kappa shape index (κ3) is 6.24. The number of nitrogens with zero attached hydrogens (tertiary/aromatic N) is 1. The molecule has 1 aliphatic heterocycles. The fourth-order valence-electron chi connectivity index (χ4n) is 2.19. The van der Waals surface area contributed by atoms with Gasteiger partial charge in [0.25, 0.3) is 0 Å². The average molecular weight is 269 g/mol. The van der Waals surface area contributed by atoms with Crippen LogP contribution in [0.2, 0.25) is 0 Å². The lowest BCUT2D eigenvalue weighted by Gasteiger charge is -2.39. The summed E-state index contributed by atoms with van der Waals surface area (Å²) in [4.78, 5) is 2.58. The first-order valence-electron chi connectivity index (χ1n) is 7.97. The second-order valence-corrected chi connectivity index (χ2v) is 7.61. The molecule has 0 radical (unpaired) electrons. The number of unbranched alkanes of at least 4 members (excludes halogenated alkanes) is 1. The third-order valence-corrected chi connectivity index (χ3v) is 4.88. The molecular weight excluding hydrogens is 234 g/mol. The average Bonchev–Trinajstić information content (AvgIpc) is 2.33. The van der Waals surface area contributed by atoms with Gasteiger partial charge in [0.15, 0.2) is 0 Å². The highest BCUT2D eigenvalue weighted by molar-refractivity contribution is 4.84. The summed E-state index contributed by atoms with van der Waals surface area (Å²) in [6.45, 7) is 20.0. The van der Waals surface area contributed by atoms with Gasteiger partial charge >= 0.3 is 0 Å². The Hall–Kier alpha value is -0.120. The van der Waals surface area contributed by atoms with Gasteiger partial charge in [-0.25, -0.2) is 0 Å². The van der Waals surface area contributed by atoms with Crippen molar-refractivity contribution in [3.63, 3.8) is 0 Å². The van der Waals surface area contributed by atoms with Crippen molar-refractivity contribution in [3.8, 4) is 0 Å². The summed E-state index contributed by atoms with van der Waals surface area (Å²) >= 11 is 0. The topological polar surface area (TPSA) is 27.3 Å². The highest BCUT2D eigenvalue weighted by Crippen LogP contribution is 2.36. The van der Waals surface area contributed by atoms with E-state index < -0.39 is 0 Å². The van der Waals surface area contributed by atoms with E-state index in [0.29, 0.717) is 10.8 Å². The van der Waals surface area contributed by atoms with Crippen LogP contribution in [-0.4, -0.2) is 50.7 Å². The molecule has 0 spiro atoms. The van der Waals surface area contributed by atoms with Crippen molar-refractivity contribution < 1.29 is 0 Å².